The molecule has 82 valence electrons. The van der Waals surface area contributed by atoms with Gasteiger partial charge in [0.25, 0.3) is 0 Å². The second-order valence-corrected chi connectivity index (χ2v) is 3.17. The van der Waals surface area contributed by atoms with Gasteiger partial charge in [-0.1, -0.05) is 0 Å². The van der Waals surface area contributed by atoms with Gasteiger partial charge in [0.2, 0.25) is 5.91 Å². The molecule has 0 aromatic carbocycles. The van der Waals surface area contributed by atoms with Crippen molar-refractivity contribution in [2.75, 3.05) is 18.1 Å². The highest BCUT2D eigenvalue weighted by Crippen LogP contribution is 2.13. The number of hydrogen-bond acceptors (Lipinski definition) is 3. The van der Waals surface area contributed by atoms with Crippen LogP contribution in [0.3, 0.4) is 0 Å². The molecule has 0 radical (unpaired) electrons. The normalized spacial score (nSPS) is 10.0. The molecule has 0 bridgehead atoms. The fourth-order valence-corrected chi connectivity index (χ4v) is 1.39. The van der Waals surface area contributed by atoms with E-state index in [1.807, 2.05) is 6.92 Å². The van der Waals surface area contributed by atoms with Crippen molar-refractivity contribution in [3.05, 3.63) is 24.5 Å². The van der Waals surface area contributed by atoms with E-state index in [-0.39, 0.29) is 12.5 Å². The third kappa shape index (κ3) is 3.32. The number of pyridine rings is 1. The molecule has 0 aliphatic heterocycles. The molecule has 0 aliphatic carbocycles. The summed E-state index contributed by atoms with van der Waals surface area (Å²) in [7, 11) is 0. The van der Waals surface area contributed by atoms with E-state index < -0.39 is 0 Å². The number of anilines is 1. The Bertz CT molecular complexity index is 301. The fraction of sp³-hybridized carbons (Fsp3) is 0.455. The van der Waals surface area contributed by atoms with E-state index >= 15 is 0 Å². The minimum atomic E-state index is 0.0396. The van der Waals surface area contributed by atoms with Crippen molar-refractivity contribution in [3.63, 3.8) is 0 Å². The van der Waals surface area contributed by atoms with E-state index in [1.165, 1.54) is 0 Å². The number of carbonyl (C=O) groups excluding carboxylic acids is 1. The molecule has 1 heterocycles. The van der Waals surface area contributed by atoms with Gasteiger partial charge in [-0.3, -0.25) is 9.78 Å². The van der Waals surface area contributed by atoms with Crippen LogP contribution in [0.15, 0.2) is 24.5 Å². The maximum Gasteiger partial charge on any atom is 0.227 e. The zero-order chi connectivity index (χ0) is 11.1. The Morgan fingerprint density at radius 3 is 2.67 bits per heavy atom. The maximum atomic E-state index is 11.7. The number of aromatic nitrogens is 1. The largest absolute Gasteiger partial charge is 0.396 e. The van der Waals surface area contributed by atoms with Crippen LogP contribution in [0.2, 0.25) is 0 Å². The zero-order valence-corrected chi connectivity index (χ0v) is 8.89. The monoisotopic (exact) mass is 208 g/mol. The van der Waals surface area contributed by atoms with Gasteiger partial charge in [0, 0.05) is 37.7 Å². The average molecular weight is 208 g/mol. The summed E-state index contributed by atoms with van der Waals surface area (Å²) in [5.74, 6) is 0.0396. The Kier molecular flexibility index (Phi) is 4.77. The Balaban J connectivity index is 2.67. The van der Waals surface area contributed by atoms with Crippen LogP contribution in [0, 0.1) is 0 Å². The summed E-state index contributed by atoms with van der Waals surface area (Å²) in [6.07, 6.45) is 4.22. The summed E-state index contributed by atoms with van der Waals surface area (Å²) in [5, 5.41) is 8.66. The predicted molar refractivity (Wildman–Crippen MR) is 58.6 cm³/mol. The Morgan fingerprint density at radius 2 is 2.13 bits per heavy atom. The highest BCUT2D eigenvalue weighted by Gasteiger charge is 2.12. The van der Waals surface area contributed by atoms with Crippen LogP contribution in [-0.2, 0) is 4.79 Å². The maximum absolute atomic E-state index is 11.7. The number of rotatable bonds is 5. The zero-order valence-electron chi connectivity index (χ0n) is 8.89. The molecule has 1 aromatic rings. The summed E-state index contributed by atoms with van der Waals surface area (Å²) in [6, 6.07) is 3.61. The van der Waals surface area contributed by atoms with Crippen molar-refractivity contribution in [1.29, 1.82) is 0 Å². The third-order valence-electron chi connectivity index (χ3n) is 2.14. The predicted octanol–water partition coefficient (Wildman–Crippen LogP) is 1.21. The smallest absolute Gasteiger partial charge is 0.227 e. The first-order chi connectivity index (χ1) is 7.29. The quantitative estimate of drug-likeness (QED) is 0.791. The van der Waals surface area contributed by atoms with Gasteiger partial charge in [-0.05, 0) is 25.5 Å². The van der Waals surface area contributed by atoms with E-state index in [1.54, 1.807) is 29.4 Å². The van der Waals surface area contributed by atoms with Crippen molar-refractivity contribution in [1.82, 2.24) is 4.98 Å². The van der Waals surface area contributed by atoms with Gasteiger partial charge < -0.3 is 10.0 Å². The number of amides is 1. The molecule has 0 saturated heterocycles. The molecule has 0 unspecified atom stereocenters. The molecular weight excluding hydrogens is 192 g/mol. The van der Waals surface area contributed by atoms with Gasteiger partial charge in [0.15, 0.2) is 0 Å². The Hall–Kier alpha value is -1.42. The topological polar surface area (TPSA) is 53.4 Å². The molecule has 0 aliphatic rings. The van der Waals surface area contributed by atoms with E-state index in [0.717, 1.165) is 5.69 Å². The molecule has 4 nitrogen and oxygen atoms in total. The molecule has 0 spiro atoms. The third-order valence-corrected chi connectivity index (χ3v) is 2.14. The van der Waals surface area contributed by atoms with Gasteiger partial charge >= 0.3 is 0 Å². The Labute approximate surface area is 89.6 Å². The minimum Gasteiger partial charge on any atom is -0.396 e. The Morgan fingerprint density at radius 1 is 1.47 bits per heavy atom. The van der Waals surface area contributed by atoms with Gasteiger partial charge in [-0.25, -0.2) is 0 Å². The standard InChI is InChI=1S/C11H16N2O2/c1-2-13(11(15)4-3-9-14)10-5-7-12-8-6-10/h5-8,14H,2-4,9H2,1H3. The van der Waals surface area contributed by atoms with Crippen molar-refractivity contribution in [2.45, 2.75) is 19.8 Å². The van der Waals surface area contributed by atoms with Crippen LogP contribution in [0.25, 0.3) is 0 Å². The number of aliphatic hydroxyl groups excluding tert-OH is 1. The van der Waals surface area contributed by atoms with Gasteiger partial charge in [0.1, 0.15) is 0 Å². The summed E-state index contributed by atoms with van der Waals surface area (Å²) in [5.41, 5.74) is 0.857. The first kappa shape index (κ1) is 11.7. The van der Waals surface area contributed by atoms with Crippen molar-refractivity contribution in [3.8, 4) is 0 Å². The molecule has 0 fully saturated rings. The molecule has 1 aromatic heterocycles. The van der Waals surface area contributed by atoms with Crippen LogP contribution in [0.4, 0.5) is 5.69 Å². The first-order valence-corrected chi connectivity index (χ1v) is 5.10. The molecular formula is C11H16N2O2. The van der Waals surface area contributed by atoms with Gasteiger partial charge in [-0.15, -0.1) is 0 Å². The lowest BCUT2D eigenvalue weighted by Gasteiger charge is -2.20. The molecule has 15 heavy (non-hydrogen) atoms. The average Bonchev–Trinajstić information content (AvgIpc) is 2.29. The second-order valence-electron chi connectivity index (χ2n) is 3.17. The van der Waals surface area contributed by atoms with E-state index in [0.29, 0.717) is 19.4 Å². The van der Waals surface area contributed by atoms with Crippen molar-refractivity contribution >= 4 is 11.6 Å². The summed E-state index contributed by atoms with van der Waals surface area (Å²) in [6.45, 7) is 2.62. The van der Waals surface area contributed by atoms with Crippen LogP contribution in [0.1, 0.15) is 19.8 Å². The highest BCUT2D eigenvalue weighted by molar-refractivity contribution is 5.93. The summed E-state index contributed by atoms with van der Waals surface area (Å²) < 4.78 is 0. The molecule has 1 N–H and O–H groups in total. The first-order valence-electron chi connectivity index (χ1n) is 5.10. The second kappa shape index (κ2) is 6.14. The lowest BCUT2D eigenvalue weighted by atomic mass is 10.2. The van der Waals surface area contributed by atoms with Crippen LogP contribution < -0.4 is 4.90 Å². The lowest BCUT2D eigenvalue weighted by molar-refractivity contribution is -0.118. The molecule has 1 amide bonds. The van der Waals surface area contributed by atoms with E-state index in [4.69, 9.17) is 5.11 Å². The number of nitrogens with zero attached hydrogens (tertiary/aromatic N) is 2. The van der Waals surface area contributed by atoms with Crippen molar-refractivity contribution < 1.29 is 9.90 Å². The number of carbonyl (C=O) groups is 1. The lowest BCUT2D eigenvalue weighted by Crippen LogP contribution is -2.30. The number of hydrogen-bond donors (Lipinski definition) is 1. The summed E-state index contributed by atoms with van der Waals surface area (Å²) >= 11 is 0. The molecule has 0 atom stereocenters. The van der Waals surface area contributed by atoms with Crippen LogP contribution in [0.5, 0.6) is 0 Å². The van der Waals surface area contributed by atoms with Crippen molar-refractivity contribution in [2.24, 2.45) is 0 Å². The fourth-order valence-electron chi connectivity index (χ4n) is 1.39. The van der Waals surface area contributed by atoms with E-state index in [2.05, 4.69) is 4.98 Å². The summed E-state index contributed by atoms with van der Waals surface area (Å²) in [4.78, 5) is 17.3. The molecule has 0 saturated carbocycles. The number of aliphatic hydroxyl groups is 1. The SMILES string of the molecule is CCN(C(=O)CCCO)c1ccncc1. The van der Waals surface area contributed by atoms with Gasteiger partial charge in [0.05, 0.1) is 0 Å². The van der Waals surface area contributed by atoms with E-state index in [9.17, 15) is 4.79 Å². The van der Waals surface area contributed by atoms with Gasteiger partial charge in [-0.2, -0.15) is 0 Å². The minimum absolute atomic E-state index is 0.0396. The van der Waals surface area contributed by atoms with Crippen LogP contribution in [-0.4, -0.2) is 29.1 Å². The van der Waals surface area contributed by atoms with Crippen LogP contribution >= 0.6 is 0 Å². The molecule has 1 rings (SSSR count). The molecule has 4 heteroatoms. The highest BCUT2D eigenvalue weighted by atomic mass is 16.3.